The Kier molecular flexibility index (Phi) is 3.72. The van der Waals surface area contributed by atoms with E-state index in [-0.39, 0.29) is 6.61 Å². The molecule has 0 radical (unpaired) electrons. The van der Waals surface area contributed by atoms with Crippen LogP contribution in [0.5, 0.6) is 0 Å². The van der Waals surface area contributed by atoms with E-state index in [1.165, 1.54) is 0 Å². The van der Waals surface area contributed by atoms with Gasteiger partial charge in [-0.05, 0) is 6.92 Å². The van der Waals surface area contributed by atoms with Crippen LogP contribution >= 0.6 is 0 Å². The lowest BCUT2D eigenvalue weighted by molar-refractivity contribution is -0.151. The summed E-state index contributed by atoms with van der Waals surface area (Å²) in [5, 5.41) is 0. The molecule has 0 aromatic heterocycles. The van der Waals surface area contributed by atoms with Gasteiger partial charge in [-0.1, -0.05) is 0 Å². The van der Waals surface area contributed by atoms with Crippen molar-refractivity contribution < 1.29 is 23.8 Å². The average molecular weight is 198 g/mol. The van der Waals surface area contributed by atoms with Gasteiger partial charge in [-0.2, -0.15) is 0 Å². The standard InChI is InChI=1S/C9H10O5/c1-7-6-13-8(10)2-4-12-5-3-9(11)14-7/h2-5,7H,6H2,1H3/b4-2-,5-3-. The van der Waals surface area contributed by atoms with Crippen LogP contribution in [-0.2, 0) is 23.8 Å². The van der Waals surface area contributed by atoms with Crippen molar-refractivity contribution in [2.24, 2.45) is 0 Å². The average Bonchev–Trinajstić information content (AvgIpc) is 2.15. The molecule has 0 N–H and O–H groups in total. The summed E-state index contributed by atoms with van der Waals surface area (Å²) < 4.78 is 14.2. The van der Waals surface area contributed by atoms with Crippen molar-refractivity contribution in [1.82, 2.24) is 0 Å². The Bertz CT molecular complexity index is 279. The molecular formula is C9H10O5. The Hall–Kier alpha value is -1.78. The van der Waals surface area contributed by atoms with Crippen molar-refractivity contribution >= 4 is 11.9 Å². The summed E-state index contributed by atoms with van der Waals surface area (Å²) in [5.41, 5.74) is 0. The molecule has 0 aromatic rings. The molecule has 0 aliphatic carbocycles. The van der Waals surface area contributed by atoms with Gasteiger partial charge in [0.1, 0.15) is 12.7 Å². The first kappa shape index (κ1) is 10.3. The van der Waals surface area contributed by atoms with Crippen molar-refractivity contribution in [2.45, 2.75) is 13.0 Å². The predicted molar refractivity (Wildman–Crippen MR) is 45.9 cm³/mol. The maximum Gasteiger partial charge on any atom is 0.334 e. The zero-order valence-electron chi connectivity index (χ0n) is 7.64. The molecule has 0 amide bonds. The predicted octanol–water partition coefficient (Wildman–Crippen LogP) is 0.519. The normalized spacial score (nSPS) is 27.6. The zero-order chi connectivity index (χ0) is 10.4. The van der Waals surface area contributed by atoms with E-state index in [1.54, 1.807) is 6.92 Å². The van der Waals surface area contributed by atoms with E-state index < -0.39 is 18.0 Å². The van der Waals surface area contributed by atoms with Gasteiger partial charge < -0.3 is 14.2 Å². The molecule has 1 unspecified atom stereocenters. The number of hydrogen-bond donors (Lipinski definition) is 0. The molecule has 1 atom stereocenters. The van der Waals surface area contributed by atoms with Crippen LogP contribution in [0, 0.1) is 0 Å². The Morgan fingerprint density at radius 3 is 2.57 bits per heavy atom. The highest BCUT2D eigenvalue weighted by Gasteiger charge is 2.09. The summed E-state index contributed by atoms with van der Waals surface area (Å²) in [4.78, 5) is 21.8. The molecule has 14 heavy (non-hydrogen) atoms. The highest BCUT2D eigenvalue weighted by molar-refractivity contribution is 5.82. The molecule has 0 fully saturated rings. The number of hydrogen-bond acceptors (Lipinski definition) is 5. The van der Waals surface area contributed by atoms with E-state index in [4.69, 9.17) is 9.47 Å². The SMILES string of the molecule is CC1COC(=O)/C=C\O/C=C\C(=O)O1. The van der Waals surface area contributed by atoms with Gasteiger partial charge in [-0.25, -0.2) is 9.59 Å². The van der Waals surface area contributed by atoms with Crippen molar-refractivity contribution in [2.75, 3.05) is 6.61 Å². The van der Waals surface area contributed by atoms with Gasteiger partial charge >= 0.3 is 11.9 Å². The minimum Gasteiger partial charge on any atom is -0.472 e. The van der Waals surface area contributed by atoms with Gasteiger partial charge in [0, 0.05) is 0 Å². The molecule has 0 aromatic carbocycles. The van der Waals surface area contributed by atoms with Crippen LogP contribution in [0.1, 0.15) is 6.92 Å². The first-order chi connectivity index (χ1) is 6.68. The fourth-order valence-electron chi connectivity index (χ4n) is 0.754. The van der Waals surface area contributed by atoms with Crippen LogP contribution in [0.2, 0.25) is 0 Å². The molecule has 76 valence electrons. The van der Waals surface area contributed by atoms with Crippen molar-refractivity contribution in [1.29, 1.82) is 0 Å². The smallest absolute Gasteiger partial charge is 0.334 e. The maximum atomic E-state index is 11.0. The molecule has 1 heterocycles. The summed E-state index contributed by atoms with van der Waals surface area (Å²) in [5.74, 6) is -1.08. The Morgan fingerprint density at radius 2 is 1.86 bits per heavy atom. The van der Waals surface area contributed by atoms with E-state index in [0.29, 0.717) is 0 Å². The maximum absolute atomic E-state index is 11.0. The van der Waals surface area contributed by atoms with Crippen molar-refractivity contribution in [3.63, 3.8) is 0 Å². The topological polar surface area (TPSA) is 61.8 Å². The lowest BCUT2D eigenvalue weighted by Gasteiger charge is -2.10. The van der Waals surface area contributed by atoms with Crippen LogP contribution in [-0.4, -0.2) is 24.6 Å². The third kappa shape index (κ3) is 3.75. The van der Waals surface area contributed by atoms with Gasteiger partial charge in [0.2, 0.25) is 0 Å². The summed E-state index contributed by atoms with van der Waals surface area (Å²) in [6.45, 7) is 1.66. The molecule has 0 bridgehead atoms. The summed E-state index contributed by atoms with van der Waals surface area (Å²) >= 11 is 0. The Morgan fingerprint density at radius 1 is 1.21 bits per heavy atom. The molecule has 5 heteroatoms. The lowest BCUT2D eigenvalue weighted by atomic mass is 10.4. The van der Waals surface area contributed by atoms with E-state index in [9.17, 15) is 9.59 Å². The fraction of sp³-hybridized carbons (Fsp3) is 0.333. The molecule has 5 nitrogen and oxygen atoms in total. The number of cyclic esters (lactones) is 2. The Labute approximate surface area is 80.9 Å². The van der Waals surface area contributed by atoms with E-state index in [2.05, 4.69) is 4.74 Å². The number of carbonyl (C=O) groups excluding carboxylic acids is 2. The highest BCUT2D eigenvalue weighted by Crippen LogP contribution is 1.97. The summed E-state index contributed by atoms with van der Waals surface area (Å²) in [7, 11) is 0. The highest BCUT2D eigenvalue weighted by atomic mass is 16.6. The molecule has 1 aliphatic heterocycles. The summed E-state index contributed by atoms with van der Waals surface area (Å²) in [6, 6.07) is 0. The van der Waals surface area contributed by atoms with Gasteiger partial charge in [0.25, 0.3) is 0 Å². The number of carbonyl (C=O) groups is 2. The molecule has 1 rings (SSSR count). The molecule has 0 spiro atoms. The quantitative estimate of drug-likeness (QED) is 0.531. The Balaban J connectivity index is 2.61. The van der Waals surface area contributed by atoms with Crippen LogP contribution in [0.25, 0.3) is 0 Å². The largest absolute Gasteiger partial charge is 0.472 e. The minimum absolute atomic E-state index is 0.0305. The zero-order valence-corrected chi connectivity index (χ0v) is 7.64. The molecule has 0 saturated carbocycles. The second-order valence-electron chi connectivity index (χ2n) is 2.62. The fourth-order valence-corrected chi connectivity index (χ4v) is 0.754. The van der Waals surface area contributed by atoms with Gasteiger partial charge in [0.05, 0.1) is 24.7 Å². The van der Waals surface area contributed by atoms with Gasteiger partial charge in [0.15, 0.2) is 0 Å². The lowest BCUT2D eigenvalue weighted by Crippen LogP contribution is -2.20. The number of ether oxygens (including phenoxy) is 3. The second-order valence-corrected chi connectivity index (χ2v) is 2.62. The first-order valence-corrected chi connectivity index (χ1v) is 4.04. The summed E-state index contributed by atoms with van der Waals surface area (Å²) in [6.07, 6.45) is 4.03. The molecular weight excluding hydrogens is 188 g/mol. The van der Waals surface area contributed by atoms with Crippen molar-refractivity contribution in [3.8, 4) is 0 Å². The van der Waals surface area contributed by atoms with E-state index in [1.807, 2.05) is 0 Å². The van der Waals surface area contributed by atoms with Crippen LogP contribution in [0.3, 0.4) is 0 Å². The van der Waals surface area contributed by atoms with E-state index >= 15 is 0 Å². The third-order valence-corrected chi connectivity index (χ3v) is 1.34. The van der Waals surface area contributed by atoms with Crippen molar-refractivity contribution in [3.05, 3.63) is 24.7 Å². The number of esters is 2. The third-order valence-electron chi connectivity index (χ3n) is 1.34. The molecule has 0 saturated heterocycles. The molecule has 1 aliphatic rings. The van der Waals surface area contributed by atoms with Gasteiger partial charge in [-0.3, -0.25) is 0 Å². The van der Waals surface area contributed by atoms with Gasteiger partial charge in [-0.15, -0.1) is 0 Å². The van der Waals surface area contributed by atoms with Crippen LogP contribution in [0.4, 0.5) is 0 Å². The minimum atomic E-state index is -0.539. The van der Waals surface area contributed by atoms with Crippen LogP contribution in [0.15, 0.2) is 24.7 Å². The van der Waals surface area contributed by atoms with Crippen LogP contribution < -0.4 is 0 Å². The number of rotatable bonds is 0. The monoisotopic (exact) mass is 198 g/mol. The second kappa shape index (κ2) is 5.06. The van der Waals surface area contributed by atoms with E-state index in [0.717, 1.165) is 24.7 Å². The first-order valence-electron chi connectivity index (χ1n) is 4.04.